The van der Waals surface area contributed by atoms with Gasteiger partial charge in [0.15, 0.2) is 5.78 Å². The highest BCUT2D eigenvalue weighted by Crippen LogP contribution is 2.39. The van der Waals surface area contributed by atoms with E-state index < -0.39 is 17.2 Å². The molecule has 1 spiro atoms. The number of carbonyl (C=O) groups is 2. The first kappa shape index (κ1) is 30.1. The lowest BCUT2D eigenvalue weighted by Crippen LogP contribution is -2.54. The third-order valence-corrected chi connectivity index (χ3v) is 6.50. The first-order chi connectivity index (χ1) is 16.3. The predicted octanol–water partition coefficient (Wildman–Crippen LogP) is 6.70. The predicted molar refractivity (Wildman–Crippen MR) is 137 cm³/mol. The summed E-state index contributed by atoms with van der Waals surface area (Å²) in [5.41, 5.74) is 0.278. The standard InChI is InChI=1S/C22H29NO5.3C2H6/c1-21(2,20(25)26)13-18(24)15-6-7-19-16(12-15)14-27-22(28-19)8-10-23(11-9-22)17-4-3-5-17;3*1-2/h6-7,12,17H,3-5,8-11,13-14H2,1-2H3,(H,25,26);3*1-2H3. The number of fused-ring (bicyclic) bond motifs is 1. The van der Waals surface area contributed by atoms with Crippen molar-refractivity contribution < 1.29 is 24.2 Å². The number of nitrogens with zero attached hydrogens (tertiary/aromatic N) is 1. The molecule has 1 aromatic rings. The highest BCUT2D eigenvalue weighted by molar-refractivity contribution is 5.99. The van der Waals surface area contributed by atoms with Crippen LogP contribution in [0.5, 0.6) is 5.75 Å². The molecule has 1 N–H and O–H groups in total. The molecule has 2 heterocycles. The normalized spacial score (nSPS) is 18.8. The summed E-state index contributed by atoms with van der Waals surface area (Å²) in [5, 5.41) is 9.25. The number of hydrogen-bond acceptors (Lipinski definition) is 5. The molecule has 0 radical (unpaired) electrons. The summed E-state index contributed by atoms with van der Waals surface area (Å²) in [6, 6.07) is 6.10. The topological polar surface area (TPSA) is 76.1 Å². The lowest BCUT2D eigenvalue weighted by Gasteiger charge is -2.47. The molecule has 1 saturated carbocycles. The minimum absolute atomic E-state index is 0.0379. The van der Waals surface area contributed by atoms with Crippen molar-refractivity contribution in [3.63, 3.8) is 0 Å². The van der Waals surface area contributed by atoms with E-state index in [0.29, 0.717) is 12.2 Å². The number of aliphatic carboxylic acids is 1. The van der Waals surface area contributed by atoms with E-state index >= 15 is 0 Å². The number of benzene rings is 1. The van der Waals surface area contributed by atoms with E-state index in [0.717, 1.165) is 43.3 Å². The van der Waals surface area contributed by atoms with E-state index in [9.17, 15) is 14.7 Å². The molecule has 4 rings (SSSR count). The number of carboxylic acids is 1. The van der Waals surface area contributed by atoms with Gasteiger partial charge in [-0.15, -0.1) is 0 Å². The molecule has 194 valence electrons. The number of piperidine rings is 1. The highest BCUT2D eigenvalue weighted by Gasteiger charge is 2.43. The first-order valence-corrected chi connectivity index (χ1v) is 13.2. The monoisotopic (exact) mass is 477 g/mol. The molecule has 3 aliphatic rings. The molecule has 1 aliphatic carbocycles. The number of likely N-dealkylation sites (tertiary alicyclic amines) is 1. The summed E-state index contributed by atoms with van der Waals surface area (Å²) in [6.07, 6.45) is 5.65. The summed E-state index contributed by atoms with van der Waals surface area (Å²) in [4.78, 5) is 26.4. The SMILES string of the molecule is CC.CC.CC.CC(C)(CC(=O)c1ccc2c(c1)COC1(CCN(C3CCC3)CC1)O2)C(=O)O. The summed E-state index contributed by atoms with van der Waals surface area (Å²) in [7, 11) is 0. The van der Waals surface area contributed by atoms with Crippen LogP contribution in [0.4, 0.5) is 0 Å². The molecule has 34 heavy (non-hydrogen) atoms. The Morgan fingerprint density at radius 1 is 1.06 bits per heavy atom. The van der Waals surface area contributed by atoms with Gasteiger partial charge in [-0.1, -0.05) is 48.0 Å². The molecule has 2 aliphatic heterocycles. The fourth-order valence-electron chi connectivity index (χ4n) is 4.21. The van der Waals surface area contributed by atoms with Crippen LogP contribution >= 0.6 is 0 Å². The minimum Gasteiger partial charge on any atom is -0.481 e. The van der Waals surface area contributed by atoms with Crippen molar-refractivity contribution in [1.82, 2.24) is 4.90 Å². The van der Waals surface area contributed by atoms with Gasteiger partial charge in [-0.3, -0.25) is 14.5 Å². The largest absolute Gasteiger partial charge is 0.481 e. The molecule has 0 bridgehead atoms. The number of Topliss-reactive ketones (excluding diaryl/α,β-unsaturated/α-hetero) is 1. The Bertz CT molecular complexity index is 777. The van der Waals surface area contributed by atoms with Crippen LogP contribution < -0.4 is 4.74 Å². The second-order valence-corrected chi connectivity index (χ2v) is 9.03. The fraction of sp³-hybridized carbons (Fsp3) is 0.714. The van der Waals surface area contributed by atoms with Crippen LogP contribution in [0.3, 0.4) is 0 Å². The van der Waals surface area contributed by atoms with Gasteiger partial charge < -0.3 is 14.6 Å². The summed E-state index contributed by atoms with van der Waals surface area (Å²) in [5.74, 6) is -0.924. The summed E-state index contributed by atoms with van der Waals surface area (Å²) >= 11 is 0. The van der Waals surface area contributed by atoms with Gasteiger partial charge in [0.05, 0.1) is 12.0 Å². The second-order valence-electron chi connectivity index (χ2n) is 9.03. The van der Waals surface area contributed by atoms with Gasteiger partial charge in [-0.25, -0.2) is 0 Å². The Labute approximate surface area is 207 Å². The van der Waals surface area contributed by atoms with Crippen LogP contribution in [-0.4, -0.2) is 46.7 Å². The van der Waals surface area contributed by atoms with Crippen LogP contribution in [0.25, 0.3) is 0 Å². The zero-order valence-electron chi connectivity index (χ0n) is 22.7. The molecule has 0 atom stereocenters. The van der Waals surface area contributed by atoms with Gasteiger partial charge in [0.1, 0.15) is 5.75 Å². The molecule has 1 saturated heterocycles. The van der Waals surface area contributed by atoms with E-state index in [-0.39, 0.29) is 12.2 Å². The number of ether oxygens (including phenoxy) is 2. The van der Waals surface area contributed by atoms with E-state index in [1.54, 1.807) is 26.0 Å². The molecule has 6 nitrogen and oxygen atoms in total. The highest BCUT2D eigenvalue weighted by atomic mass is 16.7. The van der Waals surface area contributed by atoms with Crippen molar-refractivity contribution in [2.24, 2.45) is 5.41 Å². The molecule has 0 unspecified atom stereocenters. The van der Waals surface area contributed by atoms with E-state index in [1.165, 1.54) is 19.3 Å². The Hall–Kier alpha value is -1.92. The van der Waals surface area contributed by atoms with Crippen molar-refractivity contribution in [2.45, 2.75) is 112 Å². The van der Waals surface area contributed by atoms with Gasteiger partial charge in [0, 0.05) is 49.5 Å². The zero-order chi connectivity index (χ0) is 25.9. The second kappa shape index (κ2) is 13.8. The molecular weight excluding hydrogens is 430 g/mol. The van der Waals surface area contributed by atoms with Crippen molar-refractivity contribution >= 4 is 11.8 Å². The molecular formula is C28H47NO5. The summed E-state index contributed by atoms with van der Waals surface area (Å²) in [6.45, 7) is 17.6. The number of rotatable bonds is 5. The van der Waals surface area contributed by atoms with Gasteiger partial charge in [-0.2, -0.15) is 0 Å². The lowest BCUT2D eigenvalue weighted by molar-refractivity contribution is -0.231. The molecule has 0 aromatic heterocycles. The number of ketones is 1. The van der Waals surface area contributed by atoms with Gasteiger partial charge in [0.25, 0.3) is 0 Å². The van der Waals surface area contributed by atoms with Gasteiger partial charge >= 0.3 is 5.97 Å². The van der Waals surface area contributed by atoms with Crippen LogP contribution in [0.15, 0.2) is 18.2 Å². The van der Waals surface area contributed by atoms with Crippen LogP contribution in [0.1, 0.15) is 110 Å². The van der Waals surface area contributed by atoms with Crippen molar-refractivity contribution in [3.8, 4) is 5.75 Å². The summed E-state index contributed by atoms with van der Waals surface area (Å²) < 4.78 is 12.4. The Morgan fingerprint density at radius 2 is 1.65 bits per heavy atom. The fourth-order valence-corrected chi connectivity index (χ4v) is 4.21. The average Bonchev–Trinajstić information content (AvgIpc) is 2.83. The molecule has 1 aromatic carbocycles. The number of carboxylic acid groups (broad SMARTS) is 1. The van der Waals surface area contributed by atoms with Crippen molar-refractivity contribution in [3.05, 3.63) is 29.3 Å². The molecule has 2 fully saturated rings. The number of carbonyl (C=O) groups excluding carboxylic acids is 1. The van der Waals surface area contributed by atoms with E-state index in [2.05, 4.69) is 4.90 Å². The quantitative estimate of drug-likeness (QED) is 0.475. The van der Waals surface area contributed by atoms with Crippen LogP contribution in [0.2, 0.25) is 0 Å². The Balaban J connectivity index is 0.000000894. The van der Waals surface area contributed by atoms with E-state index in [1.807, 2.05) is 47.6 Å². The van der Waals surface area contributed by atoms with Gasteiger partial charge in [0.2, 0.25) is 5.79 Å². The van der Waals surface area contributed by atoms with Gasteiger partial charge in [-0.05, 0) is 44.9 Å². The smallest absolute Gasteiger partial charge is 0.309 e. The Kier molecular flexibility index (Phi) is 12.3. The third kappa shape index (κ3) is 7.29. The van der Waals surface area contributed by atoms with Crippen LogP contribution in [0, 0.1) is 5.41 Å². The maximum atomic E-state index is 12.5. The van der Waals surface area contributed by atoms with E-state index in [4.69, 9.17) is 9.47 Å². The lowest BCUT2D eigenvalue weighted by atomic mass is 9.85. The zero-order valence-corrected chi connectivity index (χ0v) is 22.7. The van der Waals surface area contributed by atoms with Crippen LogP contribution in [-0.2, 0) is 16.1 Å². The van der Waals surface area contributed by atoms with Crippen molar-refractivity contribution in [2.75, 3.05) is 13.1 Å². The third-order valence-electron chi connectivity index (χ3n) is 6.50. The molecule has 6 heteroatoms. The molecule has 0 amide bonds. The first-order valence-electron chi connectivity index (χ1n) is 13.2. The maximum absolute atomic E-state index is 12.5. The number of hydrogen-bond donors (Lipinski definition) is 1. The Morgan fingerprint density at radius 3 is 2.15 bits per heavy atom. The maximum Gasteiger partial charge on any atom is 0.309 e. The minimum atomic E-state index is -1.08. The average molecular weight is 478 g/mol. The van der Waals surface area contributed by atoms with Crippen molar-refractivity contribution in [1.29, 1.82) is 0 Å².